The molecular weight excluding hydrogens is 558 g/mol. The maximum atomic E-state index is 12.9. The minimum atomic E-state index is -2.08. The molecule has 42 heavy (non-hydrogen) atoms. The highest BCUT2D eigenvalue weighted by Gasteiger charge is 2.51. The Kier molecular flexibility index (Phi) is 12.0. The molecule has 16 N–H and O–H groups in total. The molecule has 2 heterocycles. The summed E-state index contributed by atoms with van der Waals surface area (Å²) in [6.07, 6.45) is -6.77. The van der Waals surface area contributed by atoms with Crippen molar-refractivity contribution >= 4 is 11.7 Å². The first-order valence-electron chi connectivity index (χ1n) is 14.2. The molecule has 0 bridgehead atoms. The highest BCUT2D eigenvalue weighted by molar-refractivity contribution is 5.85. The third kappa shape index (κ3) is 7.92. The summed E-state index contributed by atoms with van der Waals surface area (Å²) in [5.74, 6) is -1.62. The molecule has 2 saturated heterocycles. The third-order valence-electron chi connectivity index (χ3n) is 8.53. The number of carbonyl (C=O) groups excluding carboxylic acids is 1. The molecule has 3 rings (SSSR count). The van der Waals surface area contributed by atoms with Gasteiger partial charge >= 0.3 is 0 Å². The van der Waals surface area contributed by atoms with Crippen LogP contribution in [-0.4, -0.2) is 143 Å². The van der Waals surface area contributed by atoms with E-state index in [1.165, 1.54) is 6.92 Å². The summed E-state index contributed by atoms with van der Waals surface area (Å²) in [6, 6.07) is -2.43. The molecule has 12 atom stereocenters. The third-order valence-corrected chi connectivity index (χ3v) is 8.53. The first kappa shape index (κ1) is 34.9. The van der Waals surface area contributed by atoms with E-state index in [9.17, 15) is 25.2 Å². The van der Waals surface area contributed by atoms with Crippen LogP contribution >= 0.6 is 0 Å². The number of hydrogen-bond donors (Lipinski definition) is 12. The number of aliphatic hydroxyl groups is 5. The molecular formula is C25H49N7O10. The van der Waals surface area contributed by atoms with Gasteiger partial charge in [-0.1, -0.05) is 6.92 Å². The molecule has 0 radical (unpaired) electrons. The number of rotatable bonds is 11. The molecule has 2 aliphatic heterocycles. The fraction of sp³-hybridized carbons (Fsp3) is 0.920. The Hall–Kier alpha value is -1.58. The number of amidine groups is 1. The normalized spacial score (nSPS) is 41.3. The van der Waals surface area contributed by atoms with Gasteiger partial charge in [0.1, 0.15) is 36.9 Å². The number of ether oxygens (including phenoxy) is 4. The minimum absolute atomic E-state index is 0.0000451. The van der Waals surface area contributed by atoms with Crippen molar-refractivity contribution in [3.63, 3.8) is 0 Å². The first-order valence-corrected chi connectivity index (χ1v) is 14.2. The van der Waals surface area contributed by atoms with Crippen LogP contribution in [0.25, 0.3) is 0 Å². The predicted octanol–water partition coefficient (Wildman–Crippen LogP) is -5.52. The number of aliphatic hydroxyl groups excluding tert-OH is 3. The molecule has 1 saturated carbocycles. The molecule has 17 heteroatoms. The fourth-order valence-electron chi connectivity index (χ4n) is 5.27. The van der Waals surface area contributed by atoms with Crippen molar-refractivity contribution in [3.8, 4) is 0 Å². The molecule has 3 aliphatic rings. The number of nitrogens with two attached hydrogens (primary N) is 4. The lowest BCUT2D eigenvalue weighted by Crippen LogP contribution is -2.69. The summed E-state index contributed by atoms with van der Waals surface area (Å²) in [5.41, 5.74) is 20.4. The molecule has 0 spiro atoms. The van der Waals surface area contributed by atoms with Gasteiger partial charge in [0, 0.05) is 31.6 Å². The monoisotopic (exact) mass is 607 g/mol. The van der Waals surface area contributed by atoms with Crippen LogP contribution in [0.4, 0.5) is 0 Å². The summed E-state index contributed by atoms with van der Waals surface area (Å²) in [5, 5.41) is 65.4. The molecule has 0 aromatic carbocycles. The summed E-state index contributed by atoms with van der Waals surface area (Å²) >= 11 is 0. The summed E-state index contributed by atoms with van der Waals surface area (Å²) in [4.78, 5) is 12.9. The van der Waals surface area contributed by atoms with E-state index in [0.717, 1.165) is 0 Å². The smallest absolute Gasteiger partial charge is 0.254 e. The Labute approximate surface area is 244 Å². The lowest BCUT2D eigenvalue weighted by Gasteiger charge is -2.49. The zero-order valence-electron chi connectivity index (χ0n) is 24.1. The quantitative estimate of drug-likeness (QED) is 0.0770. The SMILES string of the molecule is C[C@@H]1C(O)[C@@H](OC2C(O)C(O[C@H]3O[C@H](CNC(=N)CO)CCC3N)[C@@H](N)C[C@H]2NC(=O)C(O)(CN)CN)OCC1(C)O. The van der Waals surface area contributed by atoms with E-state index >= 15 is 0 Å². The van der Waals surface area contributed by atoms with Gasteiger partial charge in [-0.3, -0.25) is 10.2 Å². The van der Waals surface area contributed by atoms with E-state index in [1.807, 2.05) is 0 Å². The van der Waals surface area contributed by atoms with Crippen LogP contribution in [0.15, 0.2) is 0 Å². The maximum absolute atomic E-state index is 12.9. The van der Waals surface area contributed by atoms with Gasteiger partial charge in [0.15, 0.2) is 18.2 Å². The Morgan fingerprint density at radius 2 is 1.74 bits per heavy atom. The molecule has 17 nitrogen and oxygen atoms in total. The van der Waals surface area contributed by atoms with Gasteiger partial charge in [-0.15, -0.1) is 0 Å². The average molecular weight is 608 g/mol. The van der Waals surface area contributed by atoms with Crippen molar-refractivity contribution in [3.05, 3.63) is 0 Å². The summed E-state index contributed by atoms with van der Waals surface area (Å²) in [6.45, 7) is 1.84. The minimum Gasteiger partial charge on any atom is -0.388 e. The molecule has 3 fully saturated rings. The van der Waals surface area contributed by atoms with Crippen LogP contribution in [0.5, 0.6) is 0 Å². The topological polar surface area (TPSA) is 307 Å². The highest BCUT2D eigenvalue weighted by atomic mass is 16.7. The molecule has 244 valence electrons. The average Bonchev–Trinajstić information content (AvgIpc) is 2.96. The molecule has 0 aromatic rings. The van der Waals surface area contributed by atoms with Gasteiger partial charge < -0.3 is 78.0 Å². The van der Waals surface area contributed by atoms with Gasteiger partial charge in [0.05, 0.1) is 30.4 Å². The van der Waals surface area contributed by atoms with Gasteiger partial charge in [-0.05, 0) is 26.2 Å². The zero-order chi connectivity index (χ0) is 31.4. The maximum Gasteiger partial charge on any atom is 0.254 e. The van der Waals surface area contributed by atoms with Crippen molar-refractivity contribution in [2.75, 3.05) is 32.8 Å². The van der Waals surface area contributed by atoms with Gasteiger partial charge in [0.25, 0.3) is 5.91 Å². The van der Waals surface area contributed by atoms with Crippen LogP contribution in [0.3, 0.4) is 0 Å². The standard InChI is InChI=1S/C25H49N7O10/c1-11-17(34)22(39-10-24(11,2)37)42-20-15(32-23(36)25(38,8-26)9-27)5-14(29)19(18(20)35)41-21-13(28)4-3-12(40-21)6-31-16(30)7-33/h11-15,17-22,33-35,37-38H,3-10,26-29H2,1-2H3,(H2,30,31)(H,32,36)/t11-,12+,13?,14+,15-,17?,18?,19?,20?,21-,22-,24?/m1/s1. The van der Waals surface area contributed by atoms with E-state index in [0.29, 0.717) is 12.8 Å². The molecule has 0 aromatic heterocycles. The van der Waals surface area contributed by atoms with Gasteiger partial charge in [-0.2, -0.15) is 0 Å². The van der Waals surface area contributed by atoms with Crippen LogP contribution in [0.2, 0.25) is 0 Å². The van der Waals surface area contributed by atoms with Gasteiger partial charge in [-0.25, -0.2) is 0 Å². The molecule has 6 unspecified atom stereocenters. The van der Waals surface area contributed by atoms with Crippen LogP contribution in [-0.2, 0) is 23.7 Å². The van der Waals surface area contributed by atoms with E-state index in [4.69, 9.17) is 52.4 Å². The Morgan fingerprint density at radius 1 is 1.10 bits per heavy atom. The summed E-state index contributed by atoms with van der Waals surface area (Å²) in [7, 11) is 0. The number of amides is 1. The number of nitrogens with one attached hydrogen (secondary N) is 3. The lowest BCUT2D eigenvalue weighted by molar-refractivity contribution is -0.314. The number of carbonyl (C=O) groups is 1. The van der Waals surface area contributed by atoms with E-state index in [2.05, 4.69) is 10.6 Å². The second-order valence-corrected chi connectivity index (χ2v) is 11.8. The van der Waals surface area contributed by atoms with Crippen LogP contribution in [0.1, 0.15) is 33.1 Å². The largest absolute Gasteiger partial charge is 0.388 e. The fourth-order valence-corrected chi connectivity index (χ4v) is 5.27. The van der Waals surface area contributed by atoms with Crippen molar-refractivity contribution < 1.29 is 49.3 Å². The molecule has 1 aliphatic carbocycles. The number of hydrogen-bond acceptors (Lipinski definition) is 15. The van der Waals surface area contributed by atoms with Crippen molar-refractivity contribution in [1.29, 1.82) is 5.41 Å². The van der Waals surface area contributed by atoms with Crippen molar-refractivity contribution in [2.45, 2.75) is 106 Å². The Morgan fingerprint density at radius 3 is 2.36 bits per heavy atom. The van der Waals surface area contributed by atoms with Gasteiger partial charge in [0.2, 0.25) is 0 Å². The van der Waals surface area contributed by atoms with E-state index in [-0.39, 0.29) is 25.4 Å². The Balaban J connectivity index is 1.80. The van der Waals surface area contributed by atoms with Crippen LogP contribution in [0, 0.1) is 11.3 Å². The second kappa shape index (κ2) is 14.5. The van der Waals surface area contributed by atoms with Crippen molar-refractivity contribution in [1.82, 2.24) is 10.6 Å². The second-order valence-electron chi connectivity index (χ2n) is 11.8. The highest BCUT2D eigenvalue weighted by Crippen LogP contribution is 2.34. The molecule has 1 amide bonds. The zero-order valence-corrected chi connectivity index (χ0v) is 24.1. The predicted molar refractivity (Wildman–Crippen MR) is 148 cm³/mol. The summed E-state index contributed by atoms with van der Waals surface area (Å²) < 4.78 is 23.7. The lowest BCUT2D eigenvalue weighted by atomic mass is 9.82. The van der Waals surface area contributed by atoms with Crippen LogP contribution < -0.4 is 33.6 Å². The first-order chi connectivity index (χ1) is 19.7. The Bertz CT molecular complexity index is 913. The van der Waals surface area contributed by atoms with E-state index < -0.39 is 104 Å². The van der Waals surface area contributed by atoms with Crippen molar-refractivity contribution in [2.24, 2.45) is 28.9 Å². The van der Waals surface area contributed by atoms with E-state index in [1.54, 1.807) is 6.92 Å².